The summed E-state index contributed by atoms with van der Waals surface area (Å²) in [5.74, 6) is 0.180. The summed E-state index contributed by atoms with van der Waals surface area (Å²) < 4.78 is 11.2. The Hall–Kier alpha value is -2.66. The van der Waals surface area contributed by atoms with Crippen LogP contribution in [0.5, 0.6) is 0 Å². The Labute approximate surface area is 245 Å². The van der Waals surface area contributed by atoms with Gasteiger partial charge in [-0.05, 0) is 37.5 Å². The van der Waals surface area contributed by atoms with Crippen molar-refractivity contribution in [3.8, 4) is 11.3 Å². The highest BCUT2D eigenvalue weighted by atomic mass is 35.5. The van der Waals surface area contributed by atoms with Crippen LogP contribution in [0.2, 0.25) is 10.0 Å². The number of carbonyl (C=O) groups excluding carboxylic acids is 1. The number of carbonyl (C=O) groups is 2. The van der Waals surface area contributed by atoms with Crippen LogP contribution in [-0.4, -0.2) is 94.5 Å². The molecule has 0 bridgehead atoms. The molecule has 12 heteroatoms. The molecule has 2 aromatic rings. The van der Waals surface area contributed by atoms with Gasteiger partial charge in [0.25, 0.3) is 0 Å². The molecule has 2 saturated heterocycles. The predicted octanol–water partition coefficient (Wildman–Crippen LogP) is 4.76. The fourth-order valence-corrected chi connectivity index (χ4v) is 5.80. The molecule has 2 fully saturated rings. The Morgan fingerprint density at radius 1 is 1.12 bits per heavy atom. The third kappa shape index (κ3) is 6.97. The standard InChI is InChI=1S/C28H37Cl2N5O5/c1-4-20-25(18-8-7-17(29)15-19(18)30)31-21(5-2)27(32-20)33-26-22(9-10-34-11-13-39-14-12-34)35(28(37)38)16-23(26)40-24(36)6-3/h7-8,15,22-23,26H,4-6,9-14,16H2,1-3H3,(H,32,33)(H,37,38)/t22?,23?,26-/m1/s1. The number of halogens is 2. The zero-order valence-electron chi connectivity index (χ0n) is 23.2. The second-order valence-corrected chi connectivity index (χ2v) is 10.8. The number of anilines is 1. The van der Waals surface area contributed by atoms with E-state index < -0.39 is 24.3 Å². The van der Waals surface area contributed by atoms with Gasteiger partial charge in [-0.3, -0.25) is 14.6 Å². The van der Waals surface area contributed by atoms with Crippen molar-refractivity contribution in [2.24, 2.45) is 0 Å². The second kappa shape index (κ2) is 13.8. The maximum Gasteiger partial charge on any atom is 0.407 e. The zero-order chi connectivity index (χ0) is 28.8. The van der Waals surface area contributed by atoms with Crippen LogP contribution in [0.4, 0.5) is 10.6 Å². The SMILES string of the molecule is CCC(=O)OC1CN(C(=O)O)C(CCN2CCOCC2)[C@H]1Nc1nc(CC)c(-c2ccc(Cl)cc2Cl)nc1CC. The van der Waals surface area contributed by atoms with Crippen molar-refractivity contribution >= 4 is 41.1 Å². The second-order valence-electron chi connectivity index (χ2n) is 9.94. The van der Waals surface area contributed by atoms with Gasteiger partial charge < -0.3 is 19.9 Å². The minimum Gasteiger partial charge on any atom is -0.465 e. The largest absolute Gasteiger partial charge is 0.465 e. The van der Waals surface area contributed by atoms with Gasteiger partial charge in [-0.1, -0.05) is 44.0 Å². The molecular formula is C28H37Cl2N5O5. The first-order valence-corrected chi connectivity index (χ1v) is 14.6. The monoisotopic (exact) mass is 593 g/mol. The molecule has 4 rings (SSSR count). The number of rotatable bonds is 10. The van der Waals surface area contributed by atoms with Crippen molar-refractivity contribution in [1.82, 2.24) is 19.8 Å². The molecule has 0 radical (unpaired) electrons. The third-order valence-corrected chi connectivity index (χ3v) is 8.00. The van der Waals surface area contributed by atoms with Gasteiger partial charge in [0.15, 0.2) is 0 Å². The minimum absolute atomic E-state index is 0.0838. The van der Waals surface area contributed by atoms with E-state index in [1.807, 2.05) is 19.9 Å². The van der Waals surface area contributed by atoms with E-state index >= 15 is 0 Å². The van der Waals surface area contributed by atoms with Gasteiger partial charge in [0, 0.05) is 36.6 Å². The van der Waals surface area contributed by atoms with Crippen LogP contribution in [0.15, 0.2) is 18.2 Å². The molecule has 3 heterocycles. The summed E-state index contributed by atoms with van der Waals surface area (Å²) in [6.45, 7) is 9.39. The first-order chi connectivity index (χ1) is 19.2. The van der Waals surface area contributed by atoms with Crippen LogP contribution in [0, 0.1) is 0 Å². The smallest absolute Gasteiger partial charge is 0.407 e. The van der Waals surface area contributed by atoms with Crippen LogP contribution >= 0.6 is 23.2 Å². The van der Waals surface area contributed by atoms with E-state index in [2.05, 4.69) is 10.2 Å². The average molecular weight is 595 g/mol. The summed E-state index contributed by atoms with van der Waals surface area (Å²) in [6.07, 6.45) is 0.229. The van der Waals surface area contributed by atoms with E-state index in [0.717, 1.165) is 24.3 Å². The maximum absolute atomic E-state index is 12.3. The number of likely N-dealkylation sites (tertiary alicyclic amines) is 1. The molecule has 2 aliphatic heterocycles. The highest BCUT2D eigenvalue weighted by molar-refractivity contribution is 6.36. The number of nitrogens with zero attached hydrogens (tertiary/aromatic N) is 4. The molecule has 218 valence electrons. The molecule has 1 aromatic carbocycles. The molecule has 0 spiro atoms. The lowest BCUT2D eigenvalue weighted by atomic mass is 10.0. The van der Waals surface area contributed by atoms with Crippen molar-refractivity contribution in [3.05, 3.63) is 39.6 Å². The van der Waals surface area contributed by atoms with Crippen LogP contribution < -0.4 is 5.32 Å². The topological polar surface area (TPSA) is 117 Å². The first-order valence-electron chi connectivity index (χ1n) is 13.9. The van der Waals surface area contributed by atoms with E-state index in [-0.39, 0.29) is 18.9 Å². The summed E-state index contributed by atoms with van der Waals surface area (Å²) in [4.78, 5) is 38.2. The zero-order valence-corrected chi connectivity index (χ0v) is 24.7. The third-order valence-electron chi connectivity index (χ3n) is 7.45. The first kappa shape index (κ1) is 30.3. The van der Waals surface area contributed by atoms with Gasteiger partial charge >= 0.3 is 12.1 Å². The molecule has 2 aliphatic rings. The van der Waals surface area contributed by atoms with Gasteiger partial charge in [-0.2, -0.15) is 0 Å². The lowest BCUT2D eigenvalue weighted by Gasteiger charge is -2.32. The number of hydrogen-bond donors (Lipinski definition) is 2. The number of hydrogen-bond acceptors (Lipinski definition) is 8. The summed E-state index contributed by atoms with van der Waals surface area (Å²) >= 11 is 12.6. The van der Waals surface area contributed by atoms with Gasteiger partial charge in [-0.15, -0.1) is 0 Å². The summed E-state index contributed by atoms with van der Waals surface area (Å²) in [6, 6.07) is 4.36. The lowest BCUT2D eigenvalue weighted by molar-refractivity contribution is -0.148. The lowest BCUT2D eigenvalue weighted by Crippen LogP contribution is -2.47. The molecule has 2 N–H and O–H groups in total. The van der Waals surface area contributed by atoms with Crippen LogP contribution in [-0.2, 0) is 27.1 Å². The van der Waals surface area contributed by atoms with E-state index in [1.54, 1.807) is 19.1 Å². The summed E-state index contributed by atoms with van der Waals surface area (Å²) in [7, 11) is 0. The Morgan fingerprint density at radius 3 is 2.48 bits per heavy atom. The van der Waals surface area contributed by atoms with Crippen molar-refractivity contribution in [1.29, 1.82) is 0 Å². The Bertz CT molecular complexity index is 1210. The van der Waals surface area contributed by atoms with Crippen molar-refractivity contribution in [2.75, 3.05) is 44.7 Å². The molecule has 40 heavy (non-hydrogen) atoms. The maximum atomic E-state index is 12.3. The van der Waals surface area contributed by atoms with Gasteiger partial charge in [-0.25, -0.2) is 14.8 Å². The number of benzene rings is 1. The minimum atomic E-state index is -1.04. The van der Waals surface area contributed by atoms with E-state index in [4.69, 9.17) is 42.6 Å². The molecule has 2 unspecified atom stereocenters. The Balaban J connectivity index is 1.69. The molecule has 1 aromatic heterocycles. The van der Waals surface area contributed by atoms with Crippen molar-refractivity contribution in [2.45, 2.75) is 64.6 Å². The number of nitrogens with one attached hydrogen (secondary N) is 1. The van der Waals surface area contributed by atoms with E-state index in [1.165, 1.54) is 4.90 Å². The van der Waals surface area contributed by atoms with Crippen LogP contribution in [0.25, 0.3) is 11.3 Å². The Kier molecular flexibility index (Phi) is 10.5. The highest BCUT2D eigenvalue weighted by Gasteiger charge is 2.46. The molecule has 1 amide bonds. The summed E-state index contributed by atoms with van der Waals surface area (Å²) in [5.41, 5.74) is 2.87. The van der Waals surface area contributed by atoms with Crippen molar-refractivity contribution < 1.29 is 24.2 Å². The fraction of sp³-hybridized carbons (Fsp3) is 0.571. The molecule has 0 saturated carbocycles. The van der Waals surface area contributed by atoms with Crippen LogP contribution in [0.3, 0.4) is 0 Å². The summed E-state index contributed by atoms with van der Waals surface area (Å²) in [5, 5.41) is 14.6. The number of amides is 1. The molecule has 10 nitrogen and oxygen atoms in total. The number of aromatic nitrogens is 2. The number of ether oxygens (including phenoxy) is 2. The van der Waals surface area contributed by atoms with Gasteiger partial charge in [0.2, 0.25) is 0 Å². The number of aryl methyl sites for hydroxylation is 2. The van der Waals surface area contributed by atoms with E-state index in [9.17, 15) is 14.7 Å². The van der Waals surface area contributed by atoms with Gasteiger partial charge in [0.05, 0.1) is 53.9 Å². The number of carboxylic acid groups (broad SMARTS) is 1. The number of morpholine rings is 1. The van der Waals surface area contributed by atoms with E-state index in [0.29, 0.717) is 66.3 Å². The quantitative estimate of drug-likeness (QED) is 0.376. The molecular weight excluding hydrogens is 557 g/mol. The van der Waals surface area contributed by atoms with Crippen LogP contribution in [0.1, 0.15) is 45.0 Å². The predicted molar refractivity (Wildman–Crippen MR) is 154 cm³/mol. The normalized spacial score (nSPS) is 21.4. The van der Waals surface area contributed by atoms with Crippen molar-refractivity contribution in [3.63, 3.8) is 0 Å². The fourth-order valence-electron chi connectivity index (χ4n) is 5.30. The molecule has 0 aliphatic carbocycles. The highest BCUT2D eigenvalue weighted by Crippen LogP contribution is 2.34. The number of esters is 1. The van der Waals surface area contributed by atoms with Gasteiger partial charge in [0.1, 0.15) is 11.9 Å². The average Bonchev–Trinajstić information content (AvgIpc) is 3.29. The molecule has 3 atom stereocenters. The Morgan fingerprint density at radius 2 is 1.85 bits per heavy atom.